The summed E-state index contributed by atoms with van der Waals surface area (Å²) in [5.41, 5.74) is 0. The Bertz CT molecular complexity index is 555. The van der Waals surface area contributed by atoms with Crippen molar-refractivity contribution in [3.63, 3.8) is 0 Å². The Hall–Kier alpha value is -1.64. The third kappa shape index (κ3) is 6.42. The van der Waals surface area contributed by atoms with Crippen LogP contribution in [0, 0.1) is 0 Å². The maximum atomic E-state index is 12.0. The van der Waals surface area contributed by atoms with Crippen LogP contribution in [0.1, 0.15) is 13.3 Å². The molecule has 22 heavy (non-hydrogen) atoms. The van der Waals surface area contributed by atoms with Crippen molar-refractivity contribution in [3.05, 3.63) is 24.3 Å². The van der Waals surface area contributed by atoms with E-state index in [4.69, 9.17) is 14.2 Å². The fourth-order valence-electron chi connectivity index (χ4n) is 1.57. The van der Waals surface area contributed by atoms with Gasteiger partial charge in [-0.05, 0) is 37.6 Å². The number of nitrogens with one attached hydrogen (secondary N) is 1. The van der Waals surface area contributed by atoms with E-state index in [2.05, 4.69) is 4.72 Å². The van der Waals surface area contributed by atoms with Crippen molar-refractivity contribution in [2.24, 2.45) is 0 Å². The van der Waals surface area contributed by atoms with E-state index in [9.17, 15) is 13.2 Å². The van der Waals surface area contributed by atoms with Crippen LogP contribution in [0.3, 0.4) is 0 Å². The van der Waals surface area contributed by atoms with Crippen LogP contribution in [0.15, 0.2) is 29.2 Å². The molecule has 0 atom stereocenters. The van der Waals surface area contributed by atoms with Gasteiger partial charge >= 0.3 is 5.97 Å². The van der Waals surface area contributed by atoms with E-state index in [1.807, 2.05) is 0 Å². The van der Waals surface area contributed by atoms with Crippen molar-refractivity contribution in [1.82, 2.24) is 4.72 Å². The molecular weight excluding hydrogens is 310 g/mol. The highest BCUT2D eigenvalue weighted by atomic mass is 32.2. The Morgan fingerprint density at radius 3 is 2.50 bits per heavy atom. The zero-order valence-corrected chi connectivity index (χ0v) is 13.5. The number of methoxy groups -OCH3 is 1. The van der Waals surface area contributed by atoms with Crippen molar-refractivity contribution >= 4 is 16.0 Å². The van der Waals surface area contributed by atoms with E-state index < -0.39 is 16.0 Å². The molecule has 0 saturated heterocycles. The smallest absolute Gasteiger partial charge is 0.344 e. The third-order valence-corrected chi connectivity index (χ3v) is 4.09. The SMILES string of the molecule is CCOC(=O)COc1ccc(S(=O)(=O)NCCCOC)cc1. The molecule has 1 aromatic carbocycles. The number of rotatable bonds is 10. The van der Waals surface area contributed by atoms with Crippen molar-refractivity contribution in [2.75, 3.05) is 33.5 Å². The normalized spacial score (nSPS) is 11.2. The Morgan fingerprint density at radius 1 is 1.23 bits per heavy atom. The number of sulfonamides is 1. The van der Waals surface area contributed by atoms with Gasteiger partial charge in [0.05, 0.1) is 11.5 Å². The molecule has 0 unspecified atom stereocenters. The van der Waals surface area contributed by atoms with Gasteiger partial charge in [-0.2, -0.15) is 0 Å². The molecule has 0 aliphatic heterocycles. The summed E-state index contributed by atoms with van der Waals surface area (Å²) in [6.45, 7) is 2.57. The molecule has 0 spiro atoms. The van der Waals surface area contributed by atoms with Crippen LogP contribution in [0.4, 0.5) is 0 Å². The fraction of sp³-hybridized carbons (Fsp3) is 0.500. The maximum absolute atomic E-state index is 12.0. The Morgan fingerprint density at radius 2 is 1.91 bits per heavy atom. The molecule has 1 rings (SSSR count). The minimum absolute atomic E-state index is 0.133. The van der Waals surface area contributed by atoms with Gasteiger partial charge in [-0.15, -0.1) is 0 Å². The minimum atomic E-state index is -3.55. The average molecular weight is 331 g/mol. The van der Waals surface area contributed by atoms with Crippen molar-refractivity contribution in [3.8, 4) is 5.75 Å². The topological polar surface area (TPSA) is 90.9 Å². The van der Waals surface area contributed by atoms with E-state index >= 15 is 0 Å². The summed E-state index contributed by atoms with van der Waals surface area (Å²) >= 11 is 0. The Kier molecular flexibility index (Phi) is 7.86. The number of carbonyl (C=O) groups is 1. The number of benzene rings is 1. The van der Waals surface area contributed by atoms with Gasteiger partial charge in [0.2, 0.25) is 10.0 Å². The number of esters is 1. The molecule has 0 aliphatic carbocycles. The van der Waals surface area contributed by atoms with Gasteiger partial charge in [0.25, 0.3) is 0 Å². The summed E-state index contributed by atoms with van der Waals surface area (Å²) in [5.74, 6) is -0.0783. The van der Waals surface area contributed by atoms with Gasteiger partial charge in [0, 0.05) is 20.3 Å². The predicted octanol–water partition coefficient (Wildman–Crippen LogP) is 0.943. The number of hydrogen-bond donors (Lipinski definition) is 1. The second-order valence-electron chi connectivity index (χ2n) is 4.31. The van der Waals surface area contributed by atoms with Crippen LogP contribution in [0.5, 0.6) is 5.75 Å². The largest absolute Gasteiger partial charge is 0.482 e. The molecule has 124 valence electrons. The van der Waals surface area contributed by atoms with E-state index in [0.29, 0.717) is 25.3 Å². The predicted molar refractivity (Wildman–Crippen MR) is 80.3 cm³/mol. The quantitative estimate of drug-likeness (QED) is 0.507. The molecule has 0 aromatic heterocycles. The van der Waals surface area contributed by atoms with Crippen LogP contribution in [0.2, 0.25) is 0 Å². The second kappa shape index (κ2) is 9.39. The maximum Gasteiger partial charge on any atom is 0.344 e. The summed E-state index contributed by atoms with van der Waals surface area (Å²) in [4.78, 5) is 11.3. The number of hydrogen-bond acceptors (Lipinski definition) is 6. The first-order chi connectivity index (χ1) is 10.5. The van der Waals surface area contributed by atoms with Crippen LogP contribution in [-0.4, -0.2) is 47.9 Å². The highest BCUT2D eigenvalue weighted by Gasteiger charge is 2.13. The summed E-state index contributed by atoms with van der Waals surface area (Å²) in [6, 6.07) is 5.81. The van der Waals surface area contributed by atoms with E-state index in [1.54, 1.807) is 14.0 Å². The van der Waals surface area contributed by atoms with Gasteiger partial charge < -0.3 is 14.2 Å². The lowest BCUT2D eigenvalue weighted by Gasteiger charge is -2.08. The third-order valence-electron chi connectivity index (χ3n) is 2.61. The van der Waals surface area contributed by atoms with Gasteiger partial charge in [-0.25, -0.2) is 17.9 Å². The highest BCUT2D eigenvalue weighted by Crippen LogP contribution is 2.15. The van der Waals surface area contributed by atoms with E-state index in [-0.39, 0.29) is 18.1 Å². The van der Waals surface area contributed by atoms with E-state index in [0.717, 1.165) is 0 Å². The summed E-state index contributed by atoms with van der Waals surface area (Å²) < 4.78 is 41.2. The molecule has 0 heterocycles. The first kappa shape index (κ1) is 18.4. The van der Waals surface area contributed by atoms with E-state index in [1.165, 1.54) is 24.3 Å². The van der Waals surface area contributed by atoms with Crippen molar-refractivity contribution in [1.29, 1.82) is 0 Å². The lowest BCUT2D eigenvalue weighted by molar-refractivity contribution is -0.145. The summed E-state index contributed by atoms with van der Waals surface area (Å²) in [6.07, 6.45) is 0.594. The molecule has 0 radical (unpaired) electrons. The lowest BCUT2D eigenvalue weighted by atomic mass is 10.3. The van der Waals surface area contributed by atoms with Crippen LogP contribution in [0.25, 0.3) is 0 Å². The lowest BCUT2D eigenvalue weighted by Crippen LogP contribution is -2.25. The van der Waals surface area contributed by atoms with Crippen LogP contribution < -0.4 is 9.46 Å². The zero-order chi connectivity index (χ0) is 16.4. The number of carbonyl (C=O) groups excluding carboxylic acids is 1. The molecule has 0 amide bonds. The van der Waals surface area contributed by atoms with Gasteiger partial charge in [-0.1, -0.05) is 0 Å². The molecule has 0 aliphatic rings. The summed E-state index contributed by atoms with van der Waals surface area (Å²) in [5, 5.41) is 0. The second-order valence-corrected chi connectivity index (χ2v) is 6.08. The first-order valence-corrected chi connectivity index (χ1v) is 8.35. The molecule has 1 aromatic rings. The van der Waals surface area contributed by atoms with Gasteiger partial charge in [0.1, 0.15) is 5.75 Å². The molecular formula is C14H21NO6S. The van der Waals surface area contributed by atoms with Crippen molar-refractivity contribution in [2.45, 2.75) is 18.2 Å². The Balaban J connectivity index is 2.54. The molecule has 0 fully saturated rings. The zero-order valence-electron chi connectivity index (χ0n) is 12.7. The minimum Gasteiger partial charge on any atom is -0.482 e. The average Bonchev–Trinajstić information content (AvgIpc) is 2.50. The number of ether oxygens (including phenoxy) is 3. The molecule has 7 nitrogen and oxygen atoms in total. The monoisotopic (exact) mass is 331 g/mol. The van der Waals surface area contributed by atoms with Crippen LogP contribution in [-0.2, 0) is 24.3 Å². The summed E-state index contributed by atoms with van der Waals surface area (Å²) in [7, 11) is -1.99. The first-order valence-electron chi connectivity index (χ1n) is 6.86. The molecule has 1 N–H and O–H groups in total. The molecule has 8 heteroatoms. The van der Waals surface area contributed by atoms with Crippen molar-refractivity contribution < 1.29 is 27.4 Å². The van der Waals surface area contributed by atoms with Gasteiger partial charge in [-0.3, -0.25) is 0 Å². The molecule has 0 saturated carbocycles. The highest BCUT2D eigenvalue weighted by molar-refractivity contribution is 7.89. The molecule has 0 bridgehead atoms. The Labute approximate surface area is 130 Å². The van der Waals surface area contributed by atoms with Gasteiger partial charge in [0.15, 0.2) is 6.61 Å². The van der Waals surface area contributed by atoms with Crippen LogP contribution >= 0.6 is 0 Å². The fourth-order valence-corrected chi connectivity index (χ4v) is 2.64. The standard InChI is InChI=1S/C14H21NO6S/c1-3-20-14(16)11-21-12-5-7-13(8-6-12)22(17,18)15-9-4-10-19-2/h5-8,15H,3-4,9-11H2,1-2H3.